The van der Waals surface area contributed by atoms with Crippen LogP contribution in [-0.2, 0) is 4.74 Å². The van der Waals surface area contributed by atoms with Crippen LogP contribution in [-0.4, -0.2) is 12.6 Å². The third-order valence-electron chi connectivity index (χ3n) is 2.68. The van der Waals surface area contributed by atoms with Crippen LogP contribution in [0.15, 0.2) is 18.2 Å². The van der Waals surface area contributed by atoms with Crippen molar-refractivity contribution in [3.8, 4) is 0 Å². The van der Waals surface area contributed by atoms with Crippen LogP contribution in [0, 0.1) is 6.92 Å². The zero-order valence-corrected chi connectivity index (χ0v) is 8.92. The molecule has 0 radical (unpaired) electrons. The Kier molecular flexibility index (Phi) is 2.77. The highest BCUT2D eigenvalue weighted by Crippen LogP contribution is 2.30. The lowest BCUT2D eigenvalue weighted by atomic mass is 9.98. The fourth-order valence-corrected chi connectivity index (χ4v) is 2.11. The third kappa shape index (κ3) is 1.78. The van der Waals surface area contributed by atoms with Crippen molar-refractivity contribution >= 4 is 11.6 Å². The first kappa shape index (κ1) is 9.97. The Balaban J connectivity index is 2.31. The van der Waals surface area contributed by atoms with Gasteiger partial charge in [-0.25, -0.2) is 0 Å². The van der Waals surface area contributed by atoms with Gasteiger partial charge in [-0.15, -0.1) is 0 Å². The van der Waals surface area contributed by atoms with Crippen LogP contribution in [0.4, 0.5) is 0 Å². The highest BCUT2D eigenvalue weighted by molar-refractivity contribution is 6.30. The molecule has 1 aliphatic heterocycles. The van der Waals surface area contributed by atoms with E-state index < -0.39 is 0 Å². The predicted molar refractivity (Wildman–Crippen MR) is 57.5 cm³/mol. The van der Waals surface area contributed by atoms with Crippen LogP contribution >= 0.6 is 11.6 Å². The first-order chi connectivity index (χ1) is 6.68. The Morgan fingerprint density at radius 3 is 2.86 bits per heavy atom. The maximum atomic E-state index is 5.96. The first-order valence-corrected chi connectivity index (χ1v) is 5.19. The lowest BCUT2D eigenvalue weighted by Crippen LogP contribution is -2.23. The fraction of sp³-hybridized carbons (Fsp3) is 0.455. The third-order valence-corrected chi connectivity index (χ3v) is 2.91. The van der Waals surface area contributed by atoms with Crippen molar-refractivity contribution in [3.63, 3.8) is 0 Å². The maximum absolute atomic E-state index is 5.96. The van der Waals surface area contributed by atoms with Crippen LogP contribution in [0.1, 0.15) is 23.7 Å². The maximum Gasteiger partial charge on any atom is 0.0979 e. The number of hydrogen-bond donors (Lipinski definition) is 1. The second-order valence-electron chi connectivity index (χ2n) is 3.74. The van der Waals surface area contributed by atoms with Crippen LogP contribution in [0.2, 0.25) is 5.02 Å². The molecule has 0 aromatic heterocycles. The largest absolute Gasteiger partial charge is 0.372 e. The van der Waals surface area contributed by atoms with Crippen molar-refractivity contribution in [2.45, 2.75) is 25.5 Å². The number of aryl methyl sites for hydroxylation is 1. The minimum Gasteiger partial charge on any atom is -0.372 e. The Morgan fingerprint density at radius 2 is 2.29 bits per heavy atom. The number of nitrogens with two attached hydrogens (primary N) is 1. The lowest BCUT2D eigenvalue weighted by molar-refractivity contribution is 0.104. The minimum absolute atomic E-state index is 0.0484. The van der Waals surface area contributed by atoms with Gasteiger partial charge < -0.3 is 10.5 Å². The molecule has 1 heterocycles. The van der Waals surface area contributed by atoms with Gasteiger partial charge in [-0.1, -0.05) is 17.7 Å². The predicted octanol–water partition coefficient (Wildman–Crippen LogP) is 2.44. The molecular formula is C11H14ClNO. The fourth-order valence-electron chi connectivity index (χ4n) is 1.88. The molecule has 14 heavy (non-hydrogen) atoms. The molecule has 1 saturated heterocycles. The summed E-state index contributed by atoms with van der Waals surface area (Å²) in [5.41, 5.74) is 8.28. The molecule has 1 aromatic rings. The second kappa shape index (κ2) is 3.89. The van der Waals surface area contributed by atoms with Gasteiger partial charge in [0.2, 0.25) is 0 Å². The topological polar surface area (TPSA) is 35.2 Å². The molecule has 3 heteroatoms. The number of benzene rings is 1. The smallest absolute Gasteiger partial charge is 0.0979 e. The molecule has 0 amide bonds. The molecule has 1 fully saturated rings. The van der Waals surface area contributed by atoms with E-state index in [0.29, 0.717) is 0 Å². The average molecular weight is 212 g/mol. The monoisotopic (exact) mass is 211 g/mol. The molecular weight excluding hydrogens is 198 g/mol. The Morgan fingerprint density at radius 1 is 1.50 bits per heavy atom. The van der Waals surface area contributed by atoms with Crippen LogP contribution in [0.3, 0.4) is 0 Å². The molecule has 0 aliphatic carbocycles. The number of rotatable bonds is 1. The summed E-state index contributed by atoms with van der Waals surface area (Å²) in [5, 5.41) is 0.762. The second-order valence-corrected chi connectivity index (χ2v) is 4.18. The van der Waals surface area contributed by atoms with Crippen LogP contribution < -0.4 is 5.73 Å². The van der Waals surface area contributed by atoms with Gasteiger partial charge in [0, 0.05) is 17.7 Å². The summed E-state index contributed by atoms with van der Waals surface area (Å²) in [6, 6.07) is 5.96. The lowest BCUT2D eigenvalue weighted by Gasteiger charge is -2.17. The number of ether oxygens (including phenoxy) is 1. The van der Waals surface area contributed by atoms with E-state index in [0.717, 1.165) is 23.6 Å². The van der Waals surface area contributed by atoms with E-state index >= 15 is 0 Å². The molecule has 2 unspecified atom stereocenters. The highest BCUT2D eigenvalue weighted by atomic mass is 35.5. The molecule has 0 saturated carbocycles. The van der Waals surface area contributed by atoms with Crippen molar-refractivity contribution in [1.29, 1.82) is 0 Å². The number of halogens is 1. The first-order valence-electron chi connectivity index (χ1n) is 4.81. The Bertz CT molecular complexity index is 340. The molecule has 0 spiro atoms. The van der Waals surface area contributed by atoms with Gasteiger partial charge in [0.1, 0.15) is 0 Å². The van der Waals surface area contributed by atoms with Gasteiger partial charge in [0.15, 0.2) is 0 Å². The molecule has 1 aromatic carbocycles. The SMILES string of the molecule is Cc1cc(Cl)ccc1C1OCCC1N. The van der Waals surface area contributed by atoms with Crippen molar-refractivity contribution in [3.05, 3.63) is 34.3 Å². The Labute approximate surface area is 89.0 Å². The van der Waals surface area contributed by atoms with E-state index in [4.69, 9.17) is 22.1 Å². The molecule has 2 nitrogen and oxygen atoms in total. The molecule has 0 bridgehead atoms. The summed E-state index contributed by atoms with van der Waals surface area (Å²) >= 11 is 5.89. The highest BCUT2D eigenvalue weighted by Gasteiger charge is 2.27. The zero-order chi connectivity index (χ0) is 10.1. The van der Waals surface area contributed by atoms with Crippen LogP contribution in [0.5, 0.6) is 0 Å². The van der Waals surface area contributed by atoms with Gasteiger partial charge in [0.25, 0.3) is 0 Å². The van der Waals surface area contributed by atoms with Gasteiger partial charge >= 0.3 is 0 Å². The average Bonchev–Trinajstić information content (AvgIpc) is 2.52. The van der Waals surface area contributed by atoms with E-state index in [-0.39, 0.29) is 12.1 Å². The molecule has 2 rings (SSSR count). The van der Waals surface area contributed by atoms with Crippen molar-refractivity contribution in [1.82, 2.24) is 0 Å². The van der Waals surface area contributed by atoms with Gasteiger partial charge in [0.05, 0.1) is 6.10 Å². The van der Waals surface area contributed by atoms with E-state index in [9.17, 15) is 0 Å². The molecule has 2 atom stereocenters. The van der Waals surface area contributed by atoms with Gasteiger partial charge in [-0.2, -0.15) is 0 Å². The quantitative estimate of drug-likeness (QED) is 0.775. The van der Waals surface area contributed by atoms with E-state index in [1.807, 2.05) is 25.1 Å². The van der Waals surface area contributed by atoms with E-state index in [2.05, 4.69) is 0 Å². The summed E-state index contributed by atoms with van der Waals surface area (Å²) < 4.78 is 5.60. The summed E-state index contributed by atoms with van der Waals surface area (Å²) in [6.45, 7) is 2.80. The summed E-state index contributed by atoms with van der Waals surface area (Å²) in [7, 11) is 0. The van der Waals surface area contributed by atoms with Crippen LogP contribution in [0.25, 0.3) is 0 Å². The molecule has 1 aliphatic rings. The van der Waals surface area contributed by atoms with Gasteiger partial charge in [-0.05, 0) is 36.6 Å². The normalized spacial score (nSPS) is 26.8. The molecule has 76 valence electrons. The summed E-state index contributed by atoms with van der Waals surface area (Å²) in [6.07, 6.45) is 0.986. The standard InChI is InChI=1S/C11H14ClNO/c1-7-6-8(12)2-3-9(7)11-10(13)4-5-14-11/h2-3,6,10-11H,4-5,13H2,1H3. The summed E-state index contributed by atoms with van der Waals surface area (Å²) in [4.78, 5) is 0. The molecule has 2 N–H and O–H groups in total. The van der Waals surface area contributed by atoms with Gasteiger partial charge in [-0.3, -0.25) is 0 Å². The minimum atomic E-state index is 0.0484. The van der Waals surface area contributed by atoms with Crippen molar-refractivity contribution in [2.75, 3.05) is 6.61 Å². The van der Waals surface area contributed by atoms with E-state index in [1.54, 1.807) is 0 Å². The van der Waals surface area contributed by atoms with Crippen molar-refractivity contribution < 1.29 is 4.74 Å². The Hall–Kier alpha value is -0.570. The van der Waals surface area contributed by atoms with Crippen molar-refractivity contribution in [2.24, 2.45) is 5.73 Å². The zero-order valence-electron chi connectivity index (χ0n) is 8.16. The summed E-state index contributed by atoms with van der Waals surface area (Å²) in [5.74, 6) is 0. The number of hydrogen-bond acceptors (Lipinski definition) is 2. The van der Waals surface area contributed by atoms with E-state index in [1.165, 1.54) is 5.56 Å².